The number of hydrogen-bond acceptors (Lipinski definition) is 2. The Morgan fingerprint density at radius 2 is 1.67 bits per heavy atom. The van der Waals surface area contributed by atoms with Gasteiger partial charge in [-0.15, -0.1) is 0 Å². The molecule has 0 aromatic heterocycles. The second-order valence-electron chi connectivity index (χ2n) is 7.81. The van der Waals surface area contributed by atoms with Crippen LogP contribution in [0.4, 0.5) is 0 Å². The molecule has 2 fully saturated rings. The van der Waals surface area contributed by atoms with Gasteiger partial charge in [0.15, 0.2) is 0 Å². The highest BCUT2D eigenvalue weighted by atomic mass is 16.5. The average molecular weight is 331 g/mol. The Labute approximate surface area is 147 Å². The van der Waals surface area contributed by atoms with E-state index >= 15 is 0 Å². The van der Waals surface area contributed by atoms with Gasteiger partial charge < -0.3 is 9.47 Å². The minimum Gasteiger partial charge on any atom is -0.379 e. The lowest BCUT2D eigenvalue weighted by Crippen LogP contribution is -2.33. The molecule has 134 valence electrons. The van der Waals surface area contributed by atoms with Crippen LogP contribution in [-0.2, 0) is 15.9 Å². The molecule has 1 heterocycles. The molecular formula is C22H34O2. The summed E-state index contributed by atoms with van der Waals surface area (Å²) >= 11 is 0. The summed E-state index contributed by atoms with van der Waals surface area (Å²) in [6.45, 7) is 6.11. The minimum atomic E-state index is 0.474. The van der Waals surface area contributed by atoms with E-state index in [2.05, 4.69) is 38.1 Å². The molecule has 2 aliphatic rings. The number of rotatable bonds is 6. The highest BCUT2D eigenvalue weighted by Crippen LogP contribution is 2.36. The lowest BCUT2D eigenvalue weighted by molar-refractivity contribution is -0.0505. The normalized spacial score (nSPS) is 31.1. The first-order chi connectivity index (χ1) is 11.7. The summed E-state index contributed by atoms with van der Waals surface area (Å²) in [5.74, 6) is 1.67. The van der Waals surface area contributed by atoms with Crippen molar-refractivity contribution in [1.29, 1.82) is 0 Å². The van der Waals surface area contributed by atoms with Gasteiger partial charge in [-0.3, -0.25) is 0 Å². The fourth-order valence-electron chi connectivity index (χ4n) is 4.47. The predicted octanol–water partition coefficient (Wildman–Crippen LogP) is 5.32. The van der Waals surface area contributed by atoms with E-state index < -0.39 is 0 Å². The monoisotopic (exact) mass is 330 g/mol. The van der Waals surface area contributed by atoms with Crippen molar-refractivity contribution < 1.29 is 9.47 Å². The molecule has 1 aromatic rings. The van der Waals surface area contributed by atoms with Crippen molar-refractivity contribution in [2.75, 3.05) is 13.2 Å². The summed E-state index contributed by atoms with van der Waals surface area (Å²) < 4.78 is 12.0. The second kappa shape index (κ2) is 9.01. The molecule has 0 bridgehead atoms. The fraction of sp³-hybridized carbons (Fsp3) is 0.727. The molecule has 3 rings (SSSR count). The standard InChI is InChI=1S/C22H34O2/c1-3-23-21-13-9-19(10-14-21)20-11-15-22(24-16-20)12-8-18-6-4-17(2)5-7-18/h4-7,19-22H,3,8-16H2,1-2H3. The molecule has 0 N–H and O–H groups in total. The van der Waals surface area contributed by atoms with Crippen LogP contribution in [0.3, 0.4) is 0 Å². The van der Waals surface area contributed by atoms with E-state index in [1.165, 1.54) is 56.1 Å². The van der Waals surface area contributed by atoms with Crippen LogP contribution in [0.2, 0.25) is 0 Å². The SMILES string of the molecule is CCOC1CCC(C2CCC(CCc3ccc(C)cc3)OC2)CC1. The highest BCUT2D eigenvalue weighted by Gasteiger charge is 2.31. The second-order valence-corrected chi connectivity index (χ2v) is 7.81. The van der Waals surface area contributed by atoms with Gasteiger partial charge in [0.05, 0.1) is 18.8 Å². The van der Waals surface area contributed by atoms with E-state index in [9.17, 15) is 0 Å². The summed E-state index contributed by atoms with van der Waals surface area (Å²) in [5.41, 5.74) is 2.79. The third-order valence-electron chi connectivity index (χ3n) is 6.07. The lowest BCUT2D eigenvalue weighted by Gasteiger charge is -2.37. The van der Waals surface area contributed by atoms with E-state index in [1.54, 1.807) is 0 Å². The summed E-state index contributed by atoms with van der Waals surface area (Å²) in [6.07, 6.45) is 11.1. The van der Waals surface area contributed by atoms with Crippen LogP contribution in [0.1, 0.15) is 63.0 Å². The van der Waals surface area contributed by atoms with Crippen LogP contribution >= 0.6 is 0 Å². The average Bonchev–Trinajstić information content (AvgIpc) is 2.63. The van der Waals surface area contributed by atoms with Crippen LogP contribution in [0.25, 0.3) is 0 Å². The van der Waals surface area contributed by atoms with Gasteiger partial charge in [-0.1, -0.05) is 29.8 Å². The molecule has 2 nitrogen and oxygen atoms in total. The molecular weight excluding hydrogens is 296 g/mol. The van der Waals surface area contributed by atoms with E-state index in [4.69, 9.17) is 9.47 Å². The van der Waals surface area contributed by atoms with Gasteiger partial charge in [0, 0.05) is 6.61 Å². The lowest BCUT2D eigenvalue weighted by atomic mass is 9.76. The zero-order valence-corrected chi connectivity index (χ0v) is 15.5. The first-order valence-corrected chi connectivity index (χ1v) is 10.0. The van der Waals surface area contributed by atoms with Crippen molar-refractivity contribution in [2.24, 2.45) is 11.8 Å². The topological polar surface area (TPSA) is 18.5 Å². The number of ether oxygens (including phenoxy) is 2. The van der Waals surface area contributed by atoms with Crippen molar-refractivity contribution in [2.45, 2.75) is 77.4 Å². The summed E-state index contributed by atoms with van der Waals surface area (Å²) in [6, 6.07) is 8.95. The molecule has 2 unspecified atom stereocenters. The van der Waals surface area contributed by atoms with E-state index in [1.807, 2.05) is 0 Å². The van der Waals surface area contributed by atoms with Gasteiger partial charge in [0.2, 0.25) is 0 Å². The van der Waals surface area contributed by atoms with Gasteiger partial charge in [-0.25, -0.2) is 0 Å². The van der Waals surface area contributed by atoms with Gasteiger partial charge in [-0.05, 0) is 82.6 Å². The van der Waals surface area contributed by atoms with Gasteiger partial charge >= 0.3 is 0 Å². The van der Waals surface area contributed by atoms with E-state index in [0.717, 1.165) is 31.5 Å². The van der Waals surface area contributed by atoms with E-state index in [0.29, 0.717) is 12.2 Å². The number of aryl methyl sites for hydroxylation is 2. The largest absolute Gasteiger partial charge is 0.379 e. The third-order valence-corrected chi connectivity index (χ3v) is 6.07. The Morgan fingerprint density at radius 3 is 2.29 bits per heavy atom. The Balaban J connectivity index is 1.36. The van der Waals surface area contributed by atoms with Crippen LogP contribution in [0, 0.1) is 18.8 Å². The van der Waals surface area contributed by atoms with Gasteiger partial charge in [0.25, 0.3) is 0 Å². The van der Waals surface area contributed by atoms with Gasteiger partial charge in [0.1, 0.15) is 0 Å². The highest BCUT2D eigenvalue weighted by molar-refractivity contribution is 5.21. The molecule has 2 atom stereocenters. The molecule has 1 saturated carbocycles. The Bertz CT molecular complexity index is 465. The van der Waals surface area contributed by atoms with Gasteiger partial charge in [-0.2, -0.15) is 0 Å². The molecule has 1 aliphatic heterocycles. The molecule has 1 saturated heterocycles. The molecule has 0 amide bonds. The fourth-order valence-corrected chi connectivity index (χ4v) is 4.47. The smallest absolute Gasteiger partial charge is 0.0578 e. The van der Waals surface area contributed by atoms with E-state index in [-0.39, 0.29) is 0 Å². The third kappa shape index (κ3) is 5.07. The Hall–Kier alpha value is -0.860. The van der Waals surface area contributed by atoms with Crippen molar-refractivity contribution in [1.82, 2.24) is 0 Å². The van der Waals surface area contributed by atoms with Crippen LogP contribution < -0.4 is 0 Å². The van der Waals surface area contributed by atoms with Crippen molar-refractivity contribution >= 4 is 0 Å². The maximum atomic E-state index is 6.23. The van der Waals surface area contributed by atoms with Crippen molar-refractivity contribution in [3.05, 3.63) is 35.4 Å². The first-order valence-electron chi connectivity index (χ1n) is 10.0. The molecule has 1 aromatic carbocycles. The molecule has 0 spiro atoms. The quantitative estimate of drug-likeness (QED) is 0.703. The Kier molecular flexibility index (Phi) is 6.74. The molecule has 0 radical (unpaired) electrons. The molecule has 2 heteroatoms. The van der Waals surface area contributed by atoms with Crippen LogP contribution in [0.15, 0.2) is 24.3 Å². The minimum absolute atomic E-state index is 0.474. The van der Waals surface area contributed by atoms with Crippen molar-refractivity contribution in [3.8, 4) is 0 Å². The number of hydrogen-bond donors (Lipinski definition) is 0. The summed E-state index contributed by atoms with van der Waals surface area (Å²) in [4.78, 5) is 0. The zero-order valence-electron chi connectivity index (χ0n) is 15.5. The predicted molar refractivity (Wildman–Crippen MR) is 99.3 cm³/mol. The van der Waals surface area contributed by atoms with Crippen LogP contribution in [-0.4, -0.2) is 25.4 Å². The maximum absolute atomic E-state index is 6.23. The number of benzene rings is 1. The molecule has 1 aliphatic carbocycles. The summed E-state index contributed by atoms with van der Waals surface area (Å²) in [7, 11) is 0. The first kappa shape index (κ1) is 17.9. The van der Waals surface area contributed by atoms with Crippen LogP contribution in [0.5, 0.6) is 0 Å². The zero-order chi connectivity index (χ0) is 16.8. The maximum Gasteiger partial charge on any atom is 0.0578 e. The Morgan fingerprint density at radius 1 is 0.958 bits per heavy atom. The van der Waals surface area contributed by atoms with Crippen molar-refractivity contribution in [3.63, 3.8) is 0 Å². The molecule has 24 heavy (non-hydrogen) atoms. The summed E-state index contributed by atoms with van der Waals surface area (Å²) in [5, 5.41) is 0.